The number of hydrogen-bond donors (Lipinski definition) is 2. The SMILES string of the molecule is O=C(Nc1ccc(Cl)cc1)[C@H]1CNC[C@@H]1c1ccc(Br)cc1. The average Bonchev–Trinajstić information content (AvgIpc) is 3.00. The molecule has 1 aliphatic rings. The van der Waals surface area contributed by atoms with Gasteiger partial charge in [0, 0.05) is 34.2 Å². The number of anilines is 1. The summed E-state index contributed by atoms with van der Waals surface area (Å²) in [4.78, 5) is 12.6. The van der Waals surface area contributed by atoms with Crippen molar-refractivity contribution in [1.82, 2.24) is 5.32 Å². The third-order valence-electron chi connectivity index (χ3n) is 3.96. The van der Waals surface area contributed by atoms with Crippen molar-refractivity contribution in [2.24, 2.45) is 5.92 Å². The zero-order valence-corrected chi connectivity index (χ0v) is 14.2. The third-order valence-corrected chi connectivity index (χ3v) is 4.74. The van der Waals surface area contributed by atoms with Crippen LogP contribution < -0.4 is 10.6 Å². The second kappa shape index (κ2) is 6.82. The lowest BCUT2D eigenvalue weighted by atomic mass is 9.88. The molecule has 1 saturated heterocycles. The van der Waals surface area contributed by atoms with Crippen LogP contribution in [0.25, 0.3) is 0 Å². The molecule has 1 amide bonds. The van der Waals surface area contributed by atoms with E-state index in [0.29, 0.717) is 11.6 Å². The van der Waals surface area contributed by atoms with Crippen molar-refractivity contribution in [3.8, 4) is 0 Å². The number of rotatable bonds is 3. The van der Waals surface area contributed by atoms with E-state index >= 15 is 0 Å². The van der Waals surface area contributed by atoms with Gasteiger partial charge in [0.2, 0.25) is 5.91 Å². The van der Waals surface area contributed by atoms with Gasteiger partial charge >= 0.3 is 0 Å². The van der Waals surface area contributed by atoms with Gasteiger partial charge in [-0.05, 0) is 42.0 Å². The maximum atomic E-state index is 12.6. The normalized spacial score (nSPS) is 20.8. The van der Waals surface area contributed by atoms with E-state index in [2.05, 4.69) is 38.7 Å². The zero-order chi connectivity index (χ0) is 15.5. The standard InChI is InChI=1S/C17H16BrClN2O/c18-12-3-1-11(2-4-12)15-9-20-10-16(15)17(22)21-14-7-5-13(19)6-8-14/h1-8,15-16,20H,9-10H2,(H,21,22)/t15-,16+/m1/s1. The Balaban J connectivity index is 1.73. The van der Waals surface area contributed by atoms with Crippen LogP contribution in [0.1, 0.15) is 11.5 Å². The van der Waals surface area contributed by atoms with Crippen molar-refractivity contribution < 1.29 is 4.79 Å². The summed E-state index contributed by atoms with van der Waals surface area (Å²) >= 11 is 9.31. The minimum Gasteiger partial charge on any atom is -0.326 e. The van der Waals surface area contributed by atoms with Gasteiger partial charge in [0.15, 0.2) is 0 Å². The number of nitrogens with one attached hydrogen (secondary N) is 2. The lowest BCUT2D eigenvalue weighted by Gasteiger charge is -2.18. The first-order valence-electron chi connectivity index (χ1n) is 7.16. The Hall–Kier alpha value is -1.36. The summed E-state index contributed by atoms with van der Waals surface area (Å²) in [6.07, 6.45) is 0. The van der Waals surface area contributed by atoms with E-state index < -0.39 is 0 Å². The number of amides is 1. The first-order valence-corrected chi connectivity index (χ1v) is 8.33. The largest absolute Gasteiger partial charge is 0.326 e. The van der Waals surface area contributed by atoms with Crippen LogP contribution in [0.2, 0.25) is 5.02 Å². The second-order valence-corrected chi connectivity index (χ2v) is 6.77. The van der Waals surface area contributed by atoms with Crippen LogP contribution in [-0.4, -0.2) is 19.0 Å². The molecule has 0 aromatic heterocycles. The molecule has 0 aliphatic carbocycles. The van der Waals surface area contributed by atoms with Crippen LogP contribution in [0.5, 0.6) is 0 Å². The lowest BCUT2D eigenvalue weighted by molar-refractivity contribution is -0.119. The maximum Gasteiger partial charge on any atom is 0.229 e. The molecule has 22 heavy (non-hydrogen) atoms. The molecule has 114 valence electrons. The monoisotopic (exact) mass is 378 g/mol. The van der Waals surface area contributed by atoms with Gasteiger partial charge in [0.05, 0.1) is 5.92 Å². The quantitative estimate of drug-likeness (QED) is 0.845. The molecule has 0 saturated carbocycles. The van der Waals surface area contributed by atoms with Crippen LogP contribution in [0.4, 0.5) is 5.69 Å². The Morgan fingerprint density at radius 2 is 1.77 bits per heavy atom. The van der Waals surface area contributed by atoms with E-state index in [0.717, 1.165) is 16.7 Å². The van der Waals surface area contributed by atoms with E-state index in [4.69, 9.17) is 11.6 Å². The van der Waals surface area contributed by atoms with Crippen molar-refractivity contribution in [3.05, 3.63) is 63.6 Å². The second-order valence-electron chi connectivity index (χ2n) is 5.42. The van der Waals surface area contributed by atoms with Crippen LogP contribution >= 0.6 is 27.5 Å². The lowest BCUT2D eigenvalue weighted by Crippen LogP contribution is -2.28. The fourth-order valence-electron chi connectivity index (χ4n) is 2.78. The smallest absolute Gasteiger partial charge is 0.229 e. The molecule has 1 heterocycles. The molecule has 2 atom stereocenters. The van der Waals surface area contributed by atoms with Crippen molar-refractivity contribution in [2.75, 3.05) is 18.4 Å². The molecule has 0 bridgehead atoms. The predicted molar refractivity (Wildman–Crippen MR) is 93.3 cm³/mol. The number of benzene rings is 2. The minimum absolute atomic E-state index is 0.0419. The summed E-state index contributed by atoms with van der Waals surface area (Å²) in [5, 5.41) is 6.95. The highest BCUT2D eigenvalue weighted by atomic mass is 79.9. The molecule has 2 N–H and O–H groups in total. The molecule has 1 aliphatic heterocycles. The van der Waals surface area contributed by atoms with E-state index in [9.17, 15) is 4.79 Å². The Kier molecular flexibility index (Phi) is 4.81. The Labute approximate surface area is 143 Å². The summed E-state index contributed by atoms with van der Waals surface area (Å²) in [6.45, 7) is 1.51. The summed E-state index contributed by atoms with van der Waals surface area (Å²) in [5.41, 5.74) is 1.96. The molecule has 3 nitrogen and oxygen atoms in total. The van der Waals surface area contributed by atoms with E-state index in [1.165, 1.54) is 5.56 Å². The number of carbonyl (C=O) groups excluding carboxylic acids is 1. The van der Waals surface area contributed by atoms with Gasteiger partial charge in [-0.3, -0.25) is 4.79 Å². The van der Waals surface area contributed by atoms with Crippen LogP contribution in [0.3, 0.4) is 0 Å². The van der Waals surface area contributed by atoms with E-state index in [1.54, 1.807) is 12.1 Å². The van der Waals surface area contributed by atoms with Gasteiger partial charge in [-0.1, -0.05) is 39.7 Å². The molecular weight excluding hydrogens is 364 g/mol. The molecule has 3 rings (SSSR count). The molecule has 5 heteroatoms. The summed E-state index contributed by atoms with van der Waals surface area (Å²) in [7, 11) is 0. The predicted octanol–water partition coefficient (Wildman–Crippen LogP) is 4.04. The molecule has 0 spiro atoms. The number of halogens is 2. The summed E-state index contributed by atoms with van der Waals surface area (Å²) < 4.78 is 1.05. The minimum atomic E-state index is -0.0724. The Bertz CT molecular complexity index is 657. The van der Waals surface area contributed by atoms with Gasteiger partial charge in [-0.2, -0.15) is 0 Å². The highest BCUT2D eigenvalue weighted by Gasteiger charge is 2.33. The highest BCUT2D eigenvalue weighted by Crippen LogP contribution is 2.30. The maximum absolute atomic E-state index is 12.6. The Morgan fingerprint density at radius 1 is 1.09 bits per heavy atom. The number of carbonyl (C=O) groups is 1. The molecule has 2 aromatic rings. The Morgan fingerprint density at radius 3 is 2.45 bits per heavy atom. The van der Waals surface area contributed by atoms with E-state index in [-0.39, 0.29) is 17.7 Å². The zero-order valence-electron chi connectivity index (χ0n) is 11.9. The van der Waals surface area contributed by atoms with Crippen LogP contribution in [0, 0.1) is 5.92 Å². The summed E-state index contributed by atoms with van der Waals surface area (Å²) in [6, 6.07) is 15.4. The fourth-order valence-corrected chi connectivity index (χ4v) is 3.17. The summed E-state index contributed by atoms with van der Waals surface area (Å²) in [5.74, 6) is 0.164. The van der Waals surface area contributed by atoms with Crippen molar-refractivity contribution in [3.63, 3.8) is 0 Å². The number of hydrogen-bond acceptors (Lipinski definition) is 2. The topological polar surface area (TPSA) is 41.1 Å². The van der Waals surface area contributed by atoms with Crippen LogP contribution in [-0.2, 0) is 4.79 Å². The van der Waals surface area contributed by atoms with Crippen molar-refractivity contribution in [1.29, 1.82) is 0 Å². The molecule has 1 fully saturated rings. The fraction of sp³-hybridized carbons (Fsp3) is 0.235. The third kappa shape index (κ3) is 3.51. The molecule has 2 aromatic carbocycles. The van der Waals surface area contributed by atoms with Gasteiger partial charge < -0.3 is 10.6 Å². The van der Waals surface area contributed by atoms with Gasteiger partial charge in [0.1, 0.15) is 0 Å². The van der Waals surface area contributed by atoms with Gasteiger partial charge in [0.25, 0.3) is 0 Å². The highest BCUT2D eigenvalue weighted by molar-refractivity contribution is 9.10. The first kappa shape index (κ1) is 15.5. The van der Waals surface area contributed by atoms with Gasteiger partial charge in [-0.15, -0.1) is 0 Å². The van der Waals surface area contributed by atoms with E-state index in [1.807, 2.05) is 24.3 Å². The van der Waals surface area contributed by atoms with Gasteiger partial charge in [-0.25, -0.2) is 0 Å². The average molecular weight is 380 g/mol. The molecule has 0 unspecified atom stereocenters. The first-order chi connectivity index (χ1) is 10.6. The van der Waals surface area contributed by atoms with Crippen LogP contribution in [0.15, 0.2) is 53.0 Å². The molecular formula is C17H16BrClN2O. The molecule has 0 radical (unpaired) electrons. The van der Waals surface area contributed by atoms with Crippen molar-refractivity contribution >= 4 is 39.1 Å². The van der Waals surface area contributed by atoms with Crippen molar-refractivity contribution in [2.45, 2.75) is 5.92 Å².